The molecule has 2 rings (SSSR count). The van der Waals surface area contributed by atoms with Gasteiger partial charge < -0.3 is 10.4 Å². The Hall–Kier alpha value is -1.95. The van der Waals surface area contributed by atoms with E-state index in [1.807, 2.05) is 24.3 Å². The van der Waals surface area contributed by atoms with Crippen LogP contribution >= 0.6 is 15.9 Å². The lowest BCUT2D eigenvalue weighted by Crippen LogP contribution is -2.01. The molecule has 0 aliphatic rings. The van der Waals surface area contributed by atoms with E-state index in [-0.39, 0.29) is 5.56 Å². The van der Waals surface area contributed by atoms with Crippen LogP contribution in [0.1, 0.15) is 10.4 Å². The van der Waals surface area contributed by atoms with Crippen LogP contribution in [-0.2, 0) is 0 Å². The van der Waals surface area contributed by atoms with Crippen molar-refractivity contribution in [3.8, 4) is 0 Å². The number of carbonyl (C=O) groups is 1. The predicted molar refractivity (Wildman–Crippen MR) is 66.4 cm³/mol. The van der Waals surface area contributed by atoms with Crippen LogP contribution in [0.4, 0.5) is 11.6 Å². The Bertz CT molecular complexity index is 525. The molecule has 0 saturated carbocycles. The molecular formula is C11H8BrN3O2. The zero-order valence-corrected chi connectivity index (χ0v) is 10.2. The van der Waals surface area contributed by atoms with Crippen molar-refractivity contribution >= 4 is 33.5 Å². The summed E-state index contributed by atoms with van der Waals surface area (Å²) >= 11 is 3.33. The third-order valence-corrected chi connectivity index (χ3v) is 2.53. The molecule has 5 nitrogen and oxygen atoms in total. The Balaban J connectivity index is 2.13. The monoisotopic (exact) mass is 293 g/mol. The van der Waals surface area contributed by atoms with Crippen molar-refractivity contribution in [2.24, 2.45) is 0 Å². The van der Waals surface area contributed by atoms with Crippen LogP contribution in [0.25, 0.3) is 0 Å². The van der Waals surface area contributed by atoms with E-state index in [1.165, 1.54) is 12.4 Å². The molecule has 0 amide bonds. The molecule has 1 aromatic carbocycles. The van der Waals surface area contributed by atoms with E-state index in [9.17, 15) is 4.79 Å². The van der Waals surface area contributed by atoms with Gasteiger partial charge in [-0.3, -0.25) is 0 Å². The smallest absolute Gasteiger partial charge is 0.338 e. The fourth-order valence-corrected chi connectivity index (χ4v) is 1.43. The first-order chi connectivity index (χ1) is 8.15. The summed E-state index contributed by atoms with van der Waals surface area (Å²) in [7, 11) is 0. The Kier molecular flexibility index (Phi) is 3.34. The zero-order chi connectivity index (χ0) is 12.3. The second-order valence-corrected chi connectivity index (χ2v) is 4.15. The number of rotatable bonds is 3. The van der Waals surface area contributed by atoms with Crippen LogP contribution in [0.2, 0.25) is 0 Å². The lowest BCUT2D eigenvalue weighted by molar-refractivity contribution is 0.0696. The van der Waals surface area contributed by atoms with Gasteiger partial charge in [0.15, 0.2) is 0 Å². The summed E-state index contributed by atoms with van der Waals surface area (Å²) in [6.07, 6.45) is 2.52. The Morgan fingerprint density at radius 1 is 1.18 bits per heavy atom. The van der Waals surface area contributed by atoms with Gasteiger partial charge in [-0.1, -0.05) is 15.9 Å². The van der Waals surface area contributed by atoms with Gasteiger partial charge in [0, 0.05) is 22.6 Å². The third kappa shape index (κ3) is 3.01. The Labute approximate surface area is 106 Å². The number of hydrogen-bond donors (Lipinski definition) is 2. The quantitative estimate of drug-likeness (QED) is 0.910. The van der Waals surface area contributed by atoms with Crippen LogP contribution in [0.15, 0.2) is 41.1 Å². The topological polar surface area (TPSA) is 75.1 Å². The average Bonchev–Trinajstić information content (AvgIpc) is 2.33. The largest absolute Gasteiger partial charge is 0.478 e. The summed E-state index contributed by atoms with van der Waals surface area (Å²) in [5, 5.41) is 11.7. The number of benzene rings is 1. The second kappa shape index (κ2) is 4.92. The summed E-state index contributed by atoms with van der Waals surface area (Å²) in [5.41, 5.74) is 0.891. The molecule has 17 heavy (non-hydrogen) atoms. The molecular weight excluding hydrogens is 286 g/mol. The average molecular weight is 294 g/mol. The first-order valence-corrected chi connectivity index (χ1v) is 5.52. The summed E-state index contributed by atoms with van der Waals surface area (Å²) in [4.78, 5) is 18.4. The maximum atomic E-state index is 10.6. The predicted octanol–water partition coefficient (Wildman–Crippen LogP) is 2.68. The van der Waals surface area contributed by atoms with Crippen molar-refractivity contribution in [3.05, 3.63) is 46.7 Å². The van der Waals surface area contributed by atoms with Crippen molar-refractivity contribution in [3.63, 3.8) is 0 Å². The molecule has 0 atom stereocenters. The highest BCUT2D eigenvalue weighted by Crippen LogP contribution is 2.16. The van der Waals surface area contributed by atoms with Gasteiger partial charge in [0.2, 0.25) is 5.95 Å². The second-order valence-electron chi connectivity index (χ2n) is 3.23. The number of carboxylic acids is 1. The van der Waals surface area contributed by atoms with Gasteiger partial charge in [-0.15, -0.1) is 0 Å². The van der Waals surface area contributed by atoms with Crippen LogP contribution in [0.3, 0.4) is 0 Å². The standard InChI is InChI=1S/C11H8BrN3O2/c12-8-1-3-9(4-2-8)15-11-13-5-7(6-14-11)10(16)17/h1-6H,(H,16,17)(H,13,14,15). The molecule has 6 heteroatoms. The number of hydrogen-bond acceptors (Lipinski definition) is 4. The van der Waals surface area contributed by atoms with Crippen LogP contribution in [0, 0.1) is 0 Å². The molecule has 0 radical (unpaired) electrons. The van der Waals surface area contributed by atoms with Crippen LogP contribution < -0.4 is 5.32 Å². The van der Waals surface area contributed by atoms with Crippen molar-refractivity contribution < 1.29 is 9.90 Å². The van der Waals surface area contributed by atoms with Crippen molar-refractivity contribution in [2.75, 3.05) is 5.32 Å². The molecule has 0 saturated heterocycles. The van der Waals surface area contributed by atoms with E-state index in [2.05, 4.69) is 31.2 Å². The Morgan fingerprint density at radius 2 is 1.76 bits per heavy atom. The molecule has 86 valence electrons. The maximum absolute atomic E-state index is 10.6. The van der Waals surface area contributed by atoms with E-state index in [0.717, 1.165) is 10.2 Å². The third-order valence-electron chi connectivity index (χ3n) is 2.00. The molecule has 0 aliphatic carbocycles. The van der Waals surface area contributed by atoms with E-state index in [1.54, 1.807) is 0 Å². The molecule has 0 unspecified atom stereocenters. The minimum Gasteiger partial charge on any atom is -0.478 e. The number of aromatic carboxylic acids is 1. The molecule has 0 spiro atoms. The highest BCUT2D eigenvalue weighted by Gasteiger charge is 2.04. The highest BCUT2D eigenvalue weighted by atomic mass is 79.9. The van der Waals surface area contributed by atoms with Crippen LogP contribution in [-0.4, -0.2) is 21.0 Å². The Morgan fingerprint density at radius 3 is 2.29 bits per heavy atom. The first-order valence-electron chi connectivity index (χ1n) is 4.73. The van der Waals surface area contributed by atoms with Crippen molar-refractivity contribution in [2.45, 2.75) is 0 Å². The fraction of sp³-hybridized carbons (Fsp3) is 0. The number of aromatic nitrogens is 2. The summed E-state index contributed by atoms with van der Waals surface area (Å²) in [6, 6.07) is 7.49. The molecule has 1 aromatic heterocycles. The van der Waals surface area contributed by atoms with Crippen molar-refractivity contribution in [1.29, 1.82) is 0 Å². The SMILES string of the molecule is O=C(O)c1cnc(Nc2ccc(Br)cc2)nc1. The first kappa shape index (κ1) is 11.5. The lowest BCUT2D eigenvalue weighted by atomic mass is 10.3. The zero-order valence-electron chi connectivity index (χ0n) is 8.59. The van der Waals surface area contributed by atoms with Gasteiger partial charge in [0.1, 0.15) is 0 Å². The number of halogens is 1. The van der Waals surface area contributed by atoms with E-state index < -0.39 is 5.97 Å². The van der Waals surface area contributed by atoms with Gasteiger partial charge in [-0.05, 0) is 24.3 Å². The maximum Gasteiger partial charge on any atom is 0.338 e. The number of nitrogens with one attached hydrogen (secondary N) is 1. The lowest BCUT2D eigenvalue weighted by Gasteiger charge is -2.04. The van der Waals surface area contributed by atoms with Crippen LogP contribution in [0.5, 0.6) is 0 Å². The normalized spacial score (nSPS) is 9.94. The fourth-order valence-electron chi connectivity index (χ4n) is 1.17. The van der Waals surface area contributed by atoms with Gasteiger partial charge in [0.05, 0.1) is 5.56 Å². The van der Waals surface area contributed by atoms with Gasteiger partial charge in [-0.2, -0.15) is 0 Å². The summed E-state index contributed by atoms with van der Waals surface area (Å²) in [6.45, 7) is 0. The minimum absolute atomic E-state index is 0.0614. The number of anilines is 2. The highest BCUT2D eigenvalue weighted by molar-refractivity contribution is 9.10. The molecule has 2 N–H and O–H groups in total. The molecule has 0 bridgehead atoms. The van der Waals surface area contributed by atoms with E-state index >= 15 is 0 Å². The molecule has 0 aliphatic heterocycles. The van der Waals surface area contributed by atoms with Gasteiger partial charge in [-0.25, -0.2) is 14.8 Å². The summed E-state index contributed by atoms with van der Waals surface area (Å²) in [5.74, 6) is -0.683. The summed E-state index contributed by atoms with van der Waals surface area (Å²) < 4.78 is 0.977. The van der Waals surface area contributed by atoms with Gasteiger partial charge in [0.25, 0.3) is 0 Å². The number of nitrogens with zero attached hydrogens (tertiary/aromatic N) is 2. The van der Waals surface area contributed by atoms with E-state index in [4.69, 9.17) is 5.11 Å². The van der Waals surface area contributed by atoms with Gasteiger partial charge >= 0.3 is 5.97 Å². The number of carboxylic acid groups (broad SMARTS) is 1. The molecule has 2 aromatic rings. The van der Waals surface area contributed by atoms with E-state index in [0.29, 0.717) is 5.95 Å². The van der Waals surface area contributed by atoms with Crippen molar-refractivity contribution in [1.82, 2.24) is 9.97 Å². The molecule has 0 fully saturated rings. The molecule has 1 heterocycles. The minimum atomic E-state index is -1.04.